The average Bonchev–Trinajstić information content (AvgIpc) is 2.41. The van der Waals surface area contributed by atoms with Crippen molar-refractivity contribution in [3.63, 3.8) is 0 Å². The van der Waals surface area contributed by atoms with Crippen molar-refractivity contribution in [2.24, 2.45) is 5.92 Å². The van der Waals surface area contributed by atoms with E-state index in [1.165, 1.54) is 12.1 Å². The van der Waals surface area contributed by atoms with Gasteiger partial charge >= 0.3 is 5.97 Å². The van der Waals surface area contributed by atoms with Crippen LogP contribution in [0.4, 0.5) is 4.39 Å². The molecule has 5 heteroatoms. The molecule has 0 aromatic heterocycles. The lowest BCUT2D eigenvalue weighted by Gasteiger charge is -2.12. The van der Waals surface area contributed by atoms with Crippen LogP contribution in [-0.4, -0.2) is 38.0 Å². The molecule has 1 rings (SSSR count). The zero-order valence-corrected chi connectivity index (χ0v) is 11.7. The Morgan fingerprint density at radius 2 is 2.15 bits per heavy atom. The number of ether oxygens (including phenoxy) is 2. The second-order valence-electron chi connectivity index (χ2n) is 4.62. The van der Waals surface area contributed by atoms with Crippen LogP contribution in [0.25, 0.3) is 0 Å². The number of hydrogen-bond acceptors (Lipinski definition) is 3. The first kappa shape index (κ1) is 16.6. The molecule has 1 unspecified atom stereocenters. The van der Waals surface area contributed by atoms with Crippen molar-refractivity contribution in [2.75, 3.05) is 26.9 Å². The molecule has 0 bridgehead atoms. The van der Waals surface area contributed by atoms with E-state index < -0.39 is 11.9 Å². The summed E-state index contributed by atoms with van der Waals surface area (Å²) in [6, 6.07) is 6.04. The molecule has 4 nitrogen and oxygen atoms in total. The third-order valence-corrected chi connectivity index (χ3v) is 2.97. The van der Waals surface area contributed by atoms with Crippen LogP contribution < -0.4 is 0 Å². The summed E-state index contributed by atoms with van der Waals surface area (Å²) >= 11 is 0. The van der Waals surface area contributed by atoms with Crippen molar-refractivity contribution in [3.8, 4) is 0 Å². The standard InChI is InChI=1S/C15H21FO4/c1-19-7-3-8-20-9-6-13(15(17)18)10-12-4-2-5-14(16)11-12/h2,4-5,11,13H,3,6-10H2,1H3,(H,17,18). The number of aliphatic carboxylic acids is 1. The molecule has 0 aliphatic heterocycles. The van der Waals surface area contributed by atoms with Crippen molar-refractivity contribution in [1.29, 1.82) is 0 Å². The van der Waals surface area contributed by atoms with E-state index in [4.69, 9.17) is 9.47 Å². The van der Waals surface area contributed by atoms with E-state index in [1.54, 1.807) is 19.2 Å². The highest BCUT2D eigenvalue weighted by atomic mass is 19.1. The van der Waals surface area contributed by atoms with Gasteiger partial charge in [-0.2, -0.15) is 0 Å². The fourth-order valence-corrected chi connectivity index (χ4v) is 1.89. The fourth-order valence-electron chi connectivity index (χ4n) is 1.89. The van der Waals surface area contributed by atoms with E-state index in [1.807, 2.05) is 0 Å². The molecule has 1 atom stereocenters. The summed E-state index contributed by atoms with van der Waals surface area (Å²) in [4.78, 5) is 11.2. The van der Waals surface area contributed by atoms with Crippen LogP contribution in [0.2, 0.25) is 0 Å². The van der Waals surface area contributed by atoms with Crippen LogP contribution >= 0.6 is 0 Å². The lowest BCUT2D eigenvalue weighted by molar-refractivity contribution is -0.142. The van der Waals surface area contributed by atoms with Gasteiger partial charge in [0.2, 0.25) is 0 Å². The summed E-state index contributed by atoms with van der Waals surface area (Å²) in [5.41, 5.74) is 0.691. The second kappa shape index (κ2) is 9.44. The fraction of sp³-hybridized carbons (Fsp3) is 0.533. The van der Waals surface area contributed by atoms with Crippen molar-refractivity contribution < 1.29 is 23.8 Å². The monoisotopic (exact) mass is 284 g/mol. The van der Waals surface area contributed by atoms with Crippen LogP contribution in [0, 0.1) is 11.7 Å². The van der Waals surface area contributed by atoms with E-state index in [0.29, 0.717) is 38.2 Å². The van der Waals surface area contributed by atoms with Gasteiger partial charge in [0, 0.05) is 26.9 Å². The quantitative estimate of drug-likeness (QED) is 0.671. The van der Waals surface area contributed by atoms with Crippen LogP contribution in [0.5, 0.6) is 0 Å². The van der Waals surface area contributed by atoms with Crippen molar-refractivity contribution in [3.05, 3.63) is 35.6 Å². The number of carboxylic acid groups (broad SMARTS) is 1. The molecule has 0 heterocycles. The van der Waals surface area contributed by atoms with Crippen molar-refractivity contribution >= 4 is 5.97 Å². The second-order valence-corrected chi connectivity index (χ2v) is 4.62. The maximum Gasteiger partial charge on any atom is 0.306 e. The van der Waals surface area contributed by atoms with Gasteiger partial charge in [0.1, 0.15) is 5.82 Å². The third-order valence-electron chi connectivity index (χ3n) is 2.97. The van der Waals surface area contributed by atoms with Gasteiger partial charge < -0.3 is 14.6 Å². The van der Waals surface area contributed by atoms with Crippen LogP contribution in [0.15, 0.2) is 24.3 Å². The first-order chi connectivity index (χ1) is 9.63. The minimum absolute atomic E-state index is 0.314. The van der Waals surface area contributed by atoms with E-state index in [0.717, 1.165) is 6.42 Å². The topological polar surface area (TPSA) is 55.8 Å². The summed E-state index contributed by atoms with van der Waals surface area (Å²) in [5, 5.41) is 9.18. The van der Waals surface area contributed by atoms with Crippen molar-refractivity contribution in [1.82, 2.24) is 0 Å². The molecule has 0 saturated carbocycles. The molecule has 1 N–H and O–H groups in total. The van der Waals surface area contributed by atoms with Gasteiger partial charge in [-0.3, -0.25) is 4.79 Å². The lowest BCUT2D eigenvalue weighted by Crippen LogP contribution is -2.19. The molecule has 1 aromatic rings. The molecule has 0 spiro atoms. The number of rotatable bonds is 10. The highest BCUT2D eigenvalue weighted by Crippen LogP contribution is 2.14. The van der Waals surface area contributed by atoms with Gasteiger partial charge in [-0.25, -0.2) is 4.39 Å². The van der Waals surface area contributed by atoms with Gasteiger partial charge in [0.15, 0.2) is 0 Å². The predicted molar refractivity (Wildman–Crippen MR) is 73.2 cm³/mol. The zero-order valence-electron chi connectivity index (χ0n) is 11.7. The molecule has 0 aliphatic carbocycles. The van der Waals surface area contributed by atoms with Crippen LogP contribution in [0.1, 0.15) is 18.4 Å². The summed E-state index contributed by atoms with van der Waals surface area (Å²) in [6.07, 6.45) is 1.52. The number of hydrogen-bond donors (Lipinski definition) is 1. The Morgan fingerprint density at radius 1 is 1.35 bits per heavy atom. The summed E-state index contributed by atoms with van der Waals surface area (Å²) in [5.74, 6) is -1.78. The molecule has 0 radical (unpaired) electrons. The maximum atomic E-state index is 13.1. The highest BCUT2D eigenvalue weighted by molar-refractivity contribution is 5.70. The largest absolute Gasteiger partial charge is 0.481 e. The minimum Gasteiger partial charge on any atom is -0.481 e. The number of carboxylic acids is 1. The van der Waals surface area contributed by atoms with Crippen molar-refractivity contribution in [2.45, 2.75) is 19.3 Å². The van der Waals surface area contributed by atoms with Gasteiger partial charge in [-0.05, 0) is 37.0 Å². The highest BCUT2D eigenvalue weighted by Gasteiger charge is 2.18. The zero-order chi connectivity index (χ0) is 14.8. The molecule has 0 fully saturated rings. The smallest absolute Gasteiger partial charge is 0.306 e. The summed E-state index contributed by atoms with van der Waals surface area (Å²) in [7, 11) is 1.62. The molecule has 0 saturated heterocycles. The predicted octanol–water partition coefficient (Wildman–Crippen LogP) is 2.51. The number of benzene rings is 1. The van der Waals surface area contributed by atoms with Gasteiger partial charge in [-0.15, -0.1) is 0 Å². The SMILES string of the molecule is COCCCOCCC(Cc1cccc(F)c1)C(=O)O. The van der Waals surface area contributed by atoms with E-state index in [9.17, 15) is 14.3 Å². The minimum atomic E-state index is -0.880. The Kier molecular flexibility index (Phi) is 7.84. The maximum absolute atomic E-state index is 13.1. The van der Waals surface area contributed by atoms with Gasteiger partial charge in [0.05, 0.1) is 5.92 Å². The van der Waals surface area contributed by atoms with E-state index in [2.05, 4.69) is 0 Å². The molecular weight excluding hydrogens is 263 g/mol. The normalized spacial score (nSPS) is 12.3. The third kappa shape index (κ3) is 6.63. The van der Waals surface area contributed by atoms with Crippen LogP contribution in [0.3, 0.4) is 0 Å². The van der Waals surface area contributed by atoms with Gasteiger partial charge in [0.25, 0.3) is 0 Å². The summed E-state index contributed by atoms with van der Waals surface area (Å²) < 4.78 is 23.3. The Bertz CT molecular complexity index is 409. The number of halogens is 1. The molecule has 0 amide bonds. The molecule has 0 aliphatic rings. The Balaban J connectivity index is 2.35. The summed E-state index contributed by atoms with van der Waals surface area (Å²) in [6.45, 7) is 1.57. The molecular formula is C15H21FO4. The number of methoxy groups -OCH3 is 1. The Hall–Kier alpha value is -1.46. The first-order valence-electron chi connectivity index (χ1n) is 6.67. The lowest BCUT2D eigenvalue weighted by atomic mass is 9.96. The van der Waals surface area contributed by atoms with E-state index in [-0.39, 0.29) is 5.82 Å². The average molecular weight is 284 g/mol. The van der Waals surface area contributed by atoms with Crippen LogP contribution in [-0.2, 0) is 20.7 Å². The van der Waals surface area contributed by atoms with Gasteiger partial charge in [-0.1, -0.05) is 12.1 Å². The molecule has 112 valence electrons. The Morgan fingerprint density at radius 3 is 2.80 bits per heavy atom. The molecule has 1 aromatic carbocycles. The Labute approximate surface area is 118 Å². The number of carbonyl (C=O) groups is 1. The first-order valence-corrected chi connectivity index (χ1v) is 6.67. The molecule has 20 heavy (non-hydrogen) atoms. The van der Waals surface area contributed by atoms with E-state index >= 15 is 0 Å².